The van der Waals surface area contributed by atoms with Crippen molar-refractivity contribution in [2.75, 3.05) is 51.3 Å². The molecule has 8 nitrogen and oxygen atoms in total. The number of hydrogen-bond acceptors (Lipinski definition) is 7. The van der Waals surface area contributed by atoms with E-state index in [2.05, 4.69) is 20.3 Å². The van der Waals surface area contributed by atoms with Gasteiger partial charge in [-0.25, -0.2) is 0 Å². The first-order chi connectivity index (χ1) is 13.7. The van der Waals surface area contributed by atoms with Gasteiger partial charge >= 0.3 is 0 Å². The number of anilines is 1. The topological polar surface area (TPSA) is 80.1 Å². The summed E-state index contributed by atoms with van der Waals surface area (Å²) in [5.41, 5.74) is 1.63. The Balaban J connectivity index is 1.24. The lowest BCUT2D eigenvalue weighted by Gasteiger charge is -2.33. The van der Waals surface area contributed by atoms with Crippen LogP contribution < -0.4 is 14.8 Å². The number of carbonyl (C=O) groups is 1. The van der Waals surface area contributed by atoms with Gasteiger partial charge in [-0.1, -0.05) is 5.16 Å². The lowest BCUT2D eigenvalue weighted by Crippen LogP contribution is -2.48. The molecule has 1 aromatic carbocycles. The number of rotatable bonds is 5. The van der Waals surface area contributed by atoms with Gasteiger partial charge in [-0.2, -0.15) is 0 Å². The summed E-state index contributed by atoms with van der Waals surface area (Å²) in [5, 5.41) is 6.89. The fourth-order valence-electron chi connectivity index (χ4n) is 3.46. The first-order valence-electron chi connectivity index (χ1n) is 9.72. The number of benzene rings is 1. The van der Waals surface area contributed by atoms with E-state index in [0.29, 0.717) is 25.5 Å². The molecule has 1 amide bonds. The van der Waals surface area contributed by atoms with Gasteiger partial charge in [0.2, 0.25) is 5.91 Å². The van der Waals surface area contributed by atoms with Crippen LogP contribution in [0.15, 0.2) is 28.8 Å². The van der Waals surface area contributed by atoms with E-state index in [1.807, 2.05) is 31.2 Å². The van der Waals surface area contributed by atoms with Crippen molar-refractivity contribution in [2.24, 2.45) is 0 Å². The first-order valence-corrected chi connectivity index (χ1v) is 9.72. The average Bonchev–Trinajstić information content (AvgIpc) is 2.95. The number of fused-ring (bicyclic) bond motifs is 1. The fraction of sp³-hybridized carbons (Fsp3) is 0.500. The summed E-state index contributed by atoms with van der Waals surface area (Å²) in [6, 6.07) is 7.49. The Kier molecular flexibility index (Phi) is 5.78. The Morgan fingerprint density at radius 2 is 1.82 bits per heavy atom. The highest BCUT2D eigenvalue weighted by molar-refractivity contribution is 5.92. The van der Waals surface area contributed by atoms with Crippen LogP contribution in [0.5, 0.6) is 11.5 Å². The smallest absolute Gasteiger partial charge is 0.238 e. The predicted octanol–water partition coefficient (Wildman–Crippen LogP) is 1.90. The third kappa shape index (κ3) is 4.82. The van der Waals surface area contributed by atoms with E-state index < -0.39 is 0 Å². The lowest BCUT2D eigenvalue weighted by atomic mass is 10.2. The fourth-order valence-corrected chi connectivity index (χ4v) is 3.46. The Bertz CT molecular complexity index is 814. The van der Waals surface area contributed by atoms with Crippen LogP contribution in [-0.2, 0) is 11.3 Å². The van der Waals surface area contributed by atoms with Gasteiger partial charge in [-0.05, 0) is 19.1 Å². The molecule has 8 heteroatoms. The molecule has 2 aromatic rings. The van der Waals surface area contributed by atoms with Crippen molar-refractivity contribution in [1.82, 2.24) is 15.0 Å². The second-order valence-electron chi connectivity index (χ2n) is 7.25. The quantitative estimate of drug-likeness (QED) is 0.841. The summed E-state index contributed by atoms with van der Waals surface area (Å²) >= 11 is 0. The zero-order valence-corrected chi connectivity index (χ0v) is 16.1. The lowest BCUT2D eigenvalue weighted by molar-refractivity contribution is -0.117. The summed E-state index contributed by atoms with van der Waals surface area (Å²) < 4.78 is 16.6. The highest BCUT2D eigenvalue weighted by Crippen LogP contribution is 2.32. The van der Waals surface area contributed by atoms with E-state index in [0.717, 1.165) is 62.0 Å². The van der Waals surface area contributed by atoms with Gasteiger partial charge < -0.3 is 19.3 Å². The molecule has 2 aliphatic heterocycles. The van der Waals surface area contributed by atoms with Crippen molar-refractivity contribution < 1.29 is 18.8 Å². The van der Waals surface area contributed by atoms with Crippen LogP contribution in [0.1, 0.15) is 17.9 Å². The van der Waals surface area contributed by atoms with Gasteiger partial charge in [0.15, 0.2) is 17.3 Å². The molecule has 28 heavy (non-hydrogen) atoms. The van der Waals surface area contributed by atoms with Crippen LogP contribution in [0, 0.1) is 6.92 Å². The van der Waals surface area contributed by atoms with Gasteiger partial charge in [0.1, 0.15) is 0 Å². The minimum atomic E-state index is -0.0196. The van der Waals surface area contributed by atoms with Crippen LogP contribution >= 0.6 is 0 Å². The summed E-state index contributed by atoms with van der Waals surface area (Å²) in [6.07, 6.45) is 0.860. The Morgan fingerprint density at radius 3 is 2.57 bits per heavy atom. The molecule has 1 aromatic heterocycles. The third-order valence-corrected chi connectivity index (χ3v) is 4.92. The van der Waals surface area contributed by atoms with Crippen molar-refractivity contribution in [2.45, 2.75) is 19.9 Å². The molecule has 1 fully saturated rings. The summed E-state index contributed by atoms with van der Waals surface area (Å²) in [7, 11) is 0. The molecule has 0 radical (unpaired) electrons. The van der Waals surface area contributed by atoms with Crippen molar-refractivity contribution in [1.29, 1.82) is 0 Å². The monoisotopic (exact) mass is 386 g/mol. The van der Waals surface area contributed by atoms with Gasteiger partial charge in [-0.3, -0.25) is 14.6 Å². The molecule has 0 unspecified atom stereocenters. The molecule has 0 saturated carbocycles. The van der Waals surface area contributed by atoms with E-state index in [1.54, 1.807) is 0 Å². The van der Waals surface area contributed by atoms with Crippen molar-refractivity contribution in [3.8, 4) is 11.5 Å². The molecule has 2 aliphatic rings. The number of nitrogens with zero attached hydrogens (tertiary/aromatic N) is 3. The second kappa shape index (κ2) is 8.62. The predicted molar refractivity (Wildman–Crippen MR) is 104 cm³/mol. The Hall–Kier alpha value is -2.58. The van der Waals surface area contributed by atoms with Crippen molar-refractivity contribution >= 4 is 11.6 Å². The van der Waals surface area contributed by atoms with Gasteiger partial charge in [0, 0.05) is 50.4 Å². The van der Waals surface area contributed by atoms with Gasteiger partial charge in [-0.15, -0.1) is 0 Å². The molecule has 0 spiro atoms. The Labute approximate surface area is 164 Å². The van der Waals surface area contributed by atoms with Crippen LogP contribution in [0.3, 0.4) is 0 Å². The minimum absolute atomic E-state index is 0.0196. The molecule has 0 bridgehead atoms. The van der Waals surface area contributed by atoms with Crippen molar-refractivity contribution in [3.05, 3.63) is 35.7 Å². The second-order valence-corrected chi connectivity index (χ2v) is 7.25. The number of amides is 1. The number of carbonyl (C=O) groups excluding carboxylic acids is 1. The number of aromatic nitrogens is 1. The standard InChI is InChI=1S/C20H26N4O4/c1-15-11-17(28-22-15)13-23-5-7-24(8-6-23)14-20(25)21-16-3-4-18-19(12-16)27-10-2-9-26-18/h3-4,11-12H,2,5-10,13-14H2,1H3,(H,21,25). The zero-order chi connectivity index (χ0) is 19.3. The van der Waals surface area contributed by atoms with E-state index in [9.17, 15) is 4.79 Å². The maximum atomic E-state index is 12.4. The molecular formula is C20H26N4O4. The summed E-state index contributed by atoms with van der Waals surface area (Å²) in [4.78, 5) is 16.9. The van der Waals surface area contributed by atoms with Crippen LogP contribution in [-0.4, -0.2) is 66.8 Å². The van der Waals surface area contributed by atoms with E-state index >= 15 is 0 Å². The SMILES string of the molecule is Cc1cc(CN2CCN(CC(=O)Nc3ccc4c(c3)OCCCO4)CC2)on1. The van der Waals surface area contributed by atoms with E-state index in [-0.39, 0.29) is 5.91 Å². The number of piperazine rings is 1. The van der Waals surface area contributed by atoms with Gasteiger partial charge in [0.25, 0.3) is 0 Å². The maximum Gasteiger partial charge on any atom is 0.238 e. The largest absolute Gasteiger partial charge is 0.490 e. The molecule has 0 aliphatic carbocycles. The average molecular weight is 386 g/mol. The Morgan fingerprint density at radius 1 is 1.07 bits per heavy atom. The molecule has 4 rings (SSSR count). The highest BCUT2D eigenvalue weighted by Gasteiger charge is 2.20. The minimum Gasteiger partial charge on any atom is -0.490 e. The van der Waals surface area contributed by atoms with Crippen LogP contribution in [0.25, 0.3) is 0 Å². The normalized spacial score (nSPS) is 17.9. The first kappa shape index (κ1) is 18.8. The number of aryl methyl sites for hydroxylation is 1. The molecular weight excluding hydrogens is 360 g/mol. The molecule has 1 saturated heterocycles. The maximum absolute atomic E-state index is 12.4. The highest BCUT2D eigenvalue weighted by atomic mass is 16.5. The molecule has 1 N–H and O–H groups in total. The van der Waals surface area contributed by atoms with Crippen LogP contribution in [0.4, 0.5) is 5.69 Å². The third-order valence-electron chi connectivity index (χ3n) is 4.92. The zero-order valence-electron chi connectivity index (χ0n) is 16.1. The molecule has 0 atom stereocenters. The van der Waals surface area contributed by atoms with E-state index in [1.165, 1.54) is 0 Å². The number of hydrogen-bond donors (Lipinski definition) is 1. The summed E-state index contributed by atoms with van der Waals surface area (Å²) in [6.45, 7) is 7.84. The number of ether oxygens (including phenoxy) is 2. The van der Waals surface area contributed by atoms with Gasteiger partial charge in [0.05, 0.1) is 32.0 Å². The molecule has 150 valence electrons. The number of nitrogens with one attached hydrogen (secondary N) is 1. The molecule has 3 heterocycles. The van der Waals surface area contributed by atoms with E-state index in [4.69, 9.17) is 14.0 Å². The van der Waals surface area contributed by atoms with Crippen LogP contribution in [0.2, 0.25) is 0 Å². The van der Waals surface area contributed by atoms with Crippen molar-refractivity contribution in [3.63, 3.8) is 0 Å². The summed E-state index contributed by atoms with van der Waals surface area (Å²) in [5.74, 6) is 2.28.